The van der Waals surface area contributed by atoms with Gasteiger partial charge >= 0.3 is 0 Å². The van der Waals surface area contributed by atoms with Crippen molar-refractivity contribution in [3.8, 4) is 0 Å². The van der Waals surface area contributed by atoms with E-state index in [1.807, 2.05) is 0 Å². The molecule has 0 unspecified atom stereocenters. The van der Waals surface area contributed by atoms with Crippen LogP contribution < -0.4 is 0 Å². The Hall–Kier alpha value is 2.44. The van der Waals surface area contributed by atoms with E-state index in [-0.39, 0.29) is 77.3 Å². The van der Waals surface area contributed by atoms with E-state index in [2.05, 4.69) is 0 Å². The van der Waals surface area contributed by atoms with E-state index < -0.39 is 0 Å². The molecular formula is AlCuInSe. The smallest absolute Gasteiger partial charge is 0 e. The molecule has 23 valence electrons. The van der Waals surface area contributed by atoms with Crippen LogP contribution in [0.1, 0.15) is 0 Å². The first-order valence-corrected chi connectivity index (χ1v) is 0. The van der Waals surface area contributed by atoms with E-state index in [1.165, 1.54) is 0 Å². The summed E-state index contributed by atoms with van der Waals surface area (Å²) in [6.07, 6.45) is 0. The van der Waals surface area contributed by atoms with Crippen molar-refractivity contribution in [3.63, 3.8) is 0 Å². The maximum absolute atomic E-state index is 0. The second-order valence-corrected chi connectivity index (χ2v) is 0. The van der Waals surface area contributed by atoms with Crippen molar-refractivity contribution in [2.45, 2.75) is 0 Å². The molecule has 0 aromatic heterocycles. The number of rotatable bonds is 0. The van der Waals surface area contributed by atoms with Gasteiger partial charge in [0.15, 0.2) is 0 Å². The van der Waals surface area contributed by atoms with E-state index in [9.17, 15) is 0 Å². The first-order chi connectivity index (χ1) is 0. The Kier molecular flexibility index (Phi) is 144. The monoisotopic (exact) mass is 285 g/mol. The predicted octanol–water partition coefficient (Wildman–Crippen LogP) is -1.14. The van der Waals surface area contributed by atoms with E-state index in [1.54, 1.807) is 0 Å². The van der Waals surface area contributed by atoms with Crippen molar-refractivity contribution in [1.29, 1.82) is 0 Å². The van der Waals surface area contributed by atoms with Crippen LogP contribution in [0, 0.1) is 0 Å². The van der Waals surface area contributed by atoms with Crippen molar-refractivity contribution >= 4 is 60.3 Å². The standard InChI is InChI=1S/Al.Cu.In.Se. The molecule has 0 amide bonds. The fourth-order valence-corrected chi connectivity index (χ4v) is 0. The third-order valence-electron chi connectivity index (χ3n) is 0. The fraction of sp³-hybridized carbons (Fsp3) is 0. The fourth-order valence-electron chi connectivity index (χ4n) is 0. The van der Waals surface area contributed by atoms with Crippen molar-refractivity contribution in [2.24, 2.45) is 0 Å². The van der Waals surface area contributed by atoms with Crippen LogP contribution in [0.3, 0.4) is 0 Å². The minimum absolute atomic E-state index is 0. The normalized spacial score (nSPS) is 0. The van der Waals surface area contributed by atoms with Crippen LogP contribution in [0.4, 0.5) is 0 Å². The molecule has 4 heteroatoms. The summed E-state index contributed by atoms with van der Waals surface area (Å²) in [6.45, 7) is 0. The van der Waals surface area contributed by atoms with Gasteiger partial charge in [0.1, 0.15) is 0 Å². The number of hydrogen-bond acceptors (Lipinski definition) is 0. The molecule has 0 N–H and O–H groups in total. The molecule has 9 radical (unpaired) electrons. The summed E-state index contributed by atoms with van der Waals surface area (Å²) < 4.78 is 0. The Morgan fingerprint density at radius 3 is 1.00 bits per heavy atom. The van der Waals surface area contributed by atoms with E-state index in [0.29, 0.717) is 0 Å². The zero-order chi connectivity index (χ0) is 0. The summed E-state index contributed by atoms with van der Waals surface area (Å²) >= 11 is 0. The van der Waals surface area contributed by atoms with E-state index in [4.69, 9.17) is 0 Å². The summed E-state index contributed by atoms with van der Waals surface area (Å²) in [4.78, 5) is 0. The van der Waals surface area contributed by atoms with E-state index in [0.717, 1.165) is 0 Å². The minimum Gasteiger partial charge on any atom is 0 e. The third-order valence-corrected chi connectivity index (χ3v) is 0. The van der Waals surface area contributed by atoms with Crippen LogP contribution in [-0.4, -0.2) is 60.3 Å². The first kappa shape index (κ1) is 32.0. The molecule has 0 aromatic rings. The molecule has 4 heavy (non-hydrogen) atoms. The summed E-state index contributed by atoms with van der Waals surface area (Å²) in [5, 5.41) is 0. The van der Waals surface area contributed by atoms with Gasteiger partial charge in [0.2, 0.25) is 0 Å². The summed E-state index contributed by atoms with van der Waals surface area (Å²) in [7, 11) is 0. The van der Waals surface area contributed by atoms with Gasteiger partial charge in [-0.15, -0.1) is 0 Å². The van der Waals surface area contributed by atoms with Crippen LogP contribution in [-0.2, 0) is 17.1 Å². The summed E-state index contributed by atoms with van der Waals surface area (Å²) in [6, 6.07) is 0. The largest absolute Gasteiger partial charge is 0 e. The summed E-state index contributed by atoms with van der Waals surface area (Å²) in [5.41, 5.74) is 0. The van der Waals surface area contributed by atoms with Gasteiger partial charge in [-0.2, -0.15) is 0 Å². The van der Waals surface area contributed by atoms with Gasteiger partial charge in [-0.3, -0.25) is 0 Å². The molecule has 0 fully saturated rings. The van der Waals surface area contributed by atoms with Crippen molar-refractivity contribution in [3.05, 3.63) is 0 Å². The van der Waals surface area contributed by atoms with Gasteiger partial charge in [0.25, 0.3) is 0 Å². The maximum atomic E-state index is 0. The Balaban J connectivity index is 0. The Morgan fingerprint density at radius 2 is 1.00 bits per heavy atom. The molecule has 0 aliphatic rings. The molecule has 0 aliphatic carbocycles. The van der Waals surface area contributed by atoms with Gasteiger partial charge in [0, 0.05) is 77.3 Å². The average molecular weight is 284 g/mol. The average Bonchev–Trinajstić information content (AvgIpc) is 0. The molecule has 0 saturated heterocycles. The SMILES string of the molecule is [Al].[Cu].[In].[Se]. The van der Waals surface area contributed by atoms with Gasteiger partial charge in [0.05, 0.1) is 0 Å². The van der Waals surface area contributed by atoms with Crippen molar-refractivity contribution in [2.75, 3.05) is 0 Å². The first-order valence-electron chi connectivity index (χ1n) is 0. The van der Waals surface area contributed by atoms with Gasteiger partial charge in [-0.1, -0.05) is 0 Å². The zero-order valence-electron chi connectivity index (χ0n) is 1.86. The van der Waals surface area contributed by atoms with E-state index >= 15 is 0 Å². The van der Waals surface area contributed by atoms with Crippen LogP contribution in [0.15, 0.2) is 0 Å². The van der Waals surface area contributed by atoms with Crippen LogP contribution in [0.5, 0.6) is 0 Å². The molecule has 0 bridgehead atoms. The summed E-state index contributed by atoms with van der Waals surface area (Å²) in [5.74, 6) is 0. The van der Waals surface area contributed by atoms with Gasteiger partial charge in [-0.05, 0) is 0 Å². The molecular weight excluding hydrogens is 284 g/mol. The quantitative estimate of drug-likeness (QED) is 0.493. The Morgan fingerprint density at radius 1 is 1.00 bits per heavy atom. The Bertz CT molecular complexity index is 8.00. The molecule has 0 heterocycles. The Labute approximate surface area is 76.3 Å². The molecule has 0 nitrogen and oxygen atoms in total. The molecule has 0 spiro atoms. The second-order valence-electron chi connectivity index (χ2n) is 0. The third kappa shape index (κ3) is 8.82. The zero-order valence-corrected chi connectivity index (χ0v) is 8.97. The van der Waals surface area contributed by atoms with Crippen molar-refractivity contribution in [1.82, 2.24) is 0 Å². The molecule has 0 saturated carbocycles. The van der Waals surface area contributed by atoms with Gasteiger partial charge < -0.3 is 0 Å². The topological polar surface area (TPSA) is 0 Å². The molecule has 0 rings (SSSR count). The second kappa shape index (κ2) is 18.0. The van der Waals surface area contributed by atoms with Crippen LogP contribution in [0.2, 0.25) is 0 Å². The maximum Gasteiger partial charge on any atom is 0 e. The van der Waals surface area contributed by atoms with Crippen LogP contribution >= 0.6 is 0 Å². The number of hydrogen-bond donors (Lipinski definition) is 0. The molecule has 0 aliphatic heterocycles. The predicted molar refractivity (Wildman–Crippen MR) is 17.3 cm³/mol. The van der Waals surface area contributed by atoms with Crippen molar-refractivity contribution < 1.29 is 17.1 Å². The van der Waals surface area contributed by atoms with Gasteiger partial charge in [-0.25, -0.2) is 0 Å². The molecule has 0 atom stereocenters. The minimum atomic E-state index is 0. The van der Waals surface area contributed by atoms with Crippen LogP contribution in [0.25, 0.3) is 0 Å². The molecule has 0 aromatic carbocycles.